The van der Waals surface area contributed by atoms with Gasteiger partial charge in [0.1, 0.15) is 0 Å². The average Bonchev–Trinajstić information content (AvgIpc) is 3.46. The fraction of sp³-hybridized carbons (Fsp3) is 0.440. The molecule has 3 atom stereocenters. The van der Waals surface area contributed by atoms with Crippen LogP contribution in [-0.2, 0) is 14.3 Å². The molecule has 3 aliphatic rings. The Morgan fingerprint density at radius 1 is 0.878 bits per heavy atom. The Balaban J connectivity index is 0.000000276. The topological polar surface area (TPSA) is 120 Å². The number of likely N-dealkylation sites (tertiary alicyclic amines) is 1. The van der Waals surface area contributed by atoms with E-state index in [1.165, 1.54) is 23.4 Å². The van der Waals surface area contributed by atoms with Crippen molar-refractivity contribution in [2.24, 2.45) is 5.92 Å². The molecule has 3 heterocycles. The Morgan fingerprint density at radius 3 is 1.93 bits per heavy atom. The van der Waals surface area contributed by atoms with Gasteiger partial charge in [-0.3, -0.25) is 9.69 Å². The summed E-state index contributed by atoms with van der Waals surface area (Å²) >= 11 is 0. The molecule has 2 N–H and O–H groups in total. The zero-order valence-electron chi connectivity index (χ0n) is 21.0. The first-order valence-electron chi connectivity index (χ1n) is 12.0. The Kier molecular flexibility index (Phi) is 9.91. The number of carboxylic acid groups (broad SMARTS) is 2. The minimum Gasteiger partial charge on any atom is -0.475 e. The number of benzene rings is 1. The summed E-state index contributed by atoms with van der Waals surface area (Å²) in [7, 11) is 0. The number of halogens is 7. The predicted octanol–water partition coefficient (Wildman–Crippen LogP) is 3.73. The van der Waals surface area contributed by atoms with Gasteiger partial charge in [0.25, 0.3) is 5.91 Å². The maximum Gasteiger partial charge on any atom is 0.490 e. The number of fused-ring (bicyclic) bond motifs is 3. The minimum atomic E-state index is -5.08. The lowest BCUT2D eigenvalue weighted by Gasteiger charge is -2.36. The van der Waals surface area contributed by atoms with E-state index in [1.54, 1.807) is 6.07 Å². The molecule has 1 aromatic carbocycles. The molecule has 16 heteroatoms. The van der Waals surface area contributed by atoms with Crippen LogP contribution in [0.5, 0.6) is 0 Å². The number of carbonyl (C=O) groups excluding carboxylic acids is 1. The normalized spacial score (nSPS) is 21.9. The summed E-state index contributed by atoms with van der Waals surface area (Å²) in [6, 6.07) is 11.8. The molecule has 1 aliphatic carbocycles. The van der Waals surface area contributed by atoms with E-state index < -0.39 is 30.2 Å². The van der Waals surface area contributed by atoms with Gasteiger partial charge >= 0.3 is 24.3 Å². The van der Waals surface area contributed by atoms with E-state index in [1.807, 2.05) is 4.90 Å². The molecule has 0 saturated carbocycles. The SMILES string of the molecule is O=C(O)C(F)(F)F.O=C(O)C(F)(F)F.O=C(c1ccnc(F)c1)N1C[C@H]2[C@@H](C1)c1ccccc1[C@@H]2N1CCOCC1. The van der Waals surface area contributed by atoms with Crippen LogP contribution in [0.3, 0.4) is 0 Å². The summed E-state index contributed by atoms with van der Waals surface area (Å²) in [5.74, 6) is -5.53. The monoisotopic (exact) mass is 595 g/mol. The number of hydrogen-bond acceptors (Lipinski definition) is 6. The Bertz CT molecular complexity index is 1230. The number of amides is 1. The number of nitrogens with zero attached hydrogens (tertiary/aromatic N) is 3. The number of morpholine rings is 1. The lowest BCUT2D eigenvalue weighted by atomic mass is 9.93. The number of pyridine rings is 1. The molecule has 2 aromatic rings. The third kappa shape index (κ3) is 7.91. The fourth-order valence-electron chi connectivity index (χ4n) is 5.03. The zero-order valence-corrected chi connectivity index (χ0v) is 21.0. The number of carboxylic acids is 2. The number of hydrogen-bond donors (Lipinski definition) is 2. The van der Waals surface area contributed by atoms with Crippen molar-refractivity contribution >= 4 is 17.8 Å². The van der Waals surface area contributed by atoms with Gasteiger partial charge in [0.15, 0.2) is 0 Å². The summed E-state index contributed by atoms with van der Waals surface area (Å²) in [4.78, 5) is 38.7. The molecule has 0 spiro atoms. The first kappa shape index (κ1) is 31.7. The summed E-state index contributed by atoms with van der Waals surface area (Å²) in [6.45, 7) is 4.75. The van der Waals surface area contributed by atoms with Crippen LogP contribution in [0.25, 0.3) is 0 Å². The van der Waals surface area contributed by atoms with Crippen LogP contribution in [-0.4, -0.2) is 94.6 Å². The predicted molar refractivity (Wildman–Crippen MR) is 125 cm³/mol. The van der Waals surface area contributed by atoms with Crippen LogP contribution in [0, 0.1) is 11.9 Å². The van der Waals surface area contributed by atoms with Crippen LogP contribution < -0.4 is 0 Å². The highest BCUT2D eigenvalue weighted by atomic mass is 19.4. The first-order valence-corrected chi connectivity index (χ1v) is 12.0. The molecule has 5 rings (SSSR count). The average molecular weight is 595 g/mol. The van der Waals surface area contributed by atoms with Crippen molar-refractivity contribution in [3.63, 3.8) is 0 Å². The maximum absolute atomic E-state index is 13.4. The Labute approximate surface area is 228 Å². The fourth-order valence-corrected chi connectivity index (χ4v) is 5.03. The molecular formula is C25H24F7N3O6. The van der Waals surface area contributed by atoms with E-state index in [9.17, 15) is 35.5 Å². The lowest BCUT2D eigenvalue weighted by molar-refractivity contribution is -0.193. The van der Waals surface area contributed by atoms with E-state index in [4.69, 9.17) is 24.5 Å². The van der Waals surface area contributed by atoms with Gasteiger partial charge in [0.05, 0.1) is 13.2 Å². The highest BCUT2D eigenvalue weighted by Crippen LogP contribution is 2.52. The van der Waals surface area contributed by atoms with Crippen LogP contribution >= 0.6 is 0 Å². The molecule has 224 valence electrons. The summed E-state index contributed by atoms with van der Waals surface area (Å²) in [6.07, 6.45) is -8.81. The minimum absolute atomic E-state index is 0.107. The standard InChI is InChI=1S/C21H22FN3O2.2C2HF3O2/c22-19-11-14(5-6-23-19)21(26)25-12-17-15-3-1-2-4-16(15)20(18(17)13-25)24-7-9-27-10-8-24;2*3-2(4,5)1(6)7/h1-6,11,17-18,20H,7-10,12-13H2;2*(H,6,7)/t17-,18-,20-;;/m0../s1. The summed E-state index contributed by atoms with van der Waals surface area (Å²) in [5.41, 5.74) is 3.13. The Hall–Kier alpha value is -3.79. The summed E-state index contributed by atoms with van der Waals surface area (Å²) < 4.78 is 82.5. The molecule has 1 amide bonds. The van der Waals surface area contributed by atoms with Gasteiger partial charge in [0.2, 0.25) is 5.95 Å². The highest BCUT2D eigenvalue weighted by Gasteiger charge is 2.49. The van der Waals surface area contributed by atoms with Crippen LogP contribution in [0.4, 0.5) is 30.7 Å². The van der Waals surface area contributed by atoms with Gasteiger partial charge in [-0.25, -0.2) is 14.6 Å². The van der Waals surface area contributed by atoms with E-state index >= 15 is 0 Å². The number of ether oxygens (including phenoxy) is 1. The van der Waals surface area contributed by atoms with Crippen molar-refractivity contribution in [1.82, 2.24) is 14.8 Å². The zero-order chi connectivity index (χ0) is 30.5. The molecule has 2 aliphatic heterocycles. The number of aliphatic carboxylic acids is 2. The molecule has 1 aromatic heterocycles. The third-order valence-corrected chi connectivity index (χ3v) is 6.67. The quantitative estimate of drug-likeness (QED) is 0.398. The second-order valence-electron chi connectivity index (χ2n) is 9.18. The number of alkyl halides is 6. The molecule has 9 nitrogen and oxygen atoms in total. The largest absolute Gasteiger partial charge is 0.490 e. The Morgan fingerprint density at radius 2 is 1.41 bits per heavy atom. The van der Waals surface area contributed by atoms with E-state index in [2.05, 4.69) is 34.1 Å². The van der Waals surface area contributed by atoms with E-state index in [0.29, 0.717) is 36.5 Å². The summed E-state index contributed by atoms with van der Waals surface area (Å²) in [5, 5.41) is 14.2. The highest BCUT2D eigenvalue weighted by molar-refractivity contribution is 5.94. The molecule has 41 heavy (non-hydrogen) atoms. The molecule has 0 unspecified atom stereocenters. The molecule has 2 fully saturated rings. The van der Waals surface area contributed by atoms with Crippen molar-refractivity contribution in [2.45, 2.75) is 24.3 Å². The number of carbonyl (C=O) groups is 3. The van der Waals surface area contributed by atoms with Crippen LogP contribution in [0.2, 0.25) is 0 Å². The van der Waals surface area contributed by atoms with Crippen molar-refractivity contribution in [3.05, 3.63) is 65.2 Å². The van der Waals surface area contributed by atoms with Gasteiger partial charge in [0, 0.05) is 61.9 Å². The number of aromatic nitrogens is 1. The van der Waals surface area contributed by atoms with Crippen LogP contribution in [0.1, 0.15) is 33.4 Å². The lowest BCUT2D eigenvalue weighted by Crippen LogP contribution is -2.42. The second kappa shape index (κ2) is 12.8. The number of rotatable bonds is 2. The second-order valence-corrected chi connectivity index (χ2v) is 9.18. The van der Waals surface area contributed by atoms with Gasteiger partial charge in [-0.05, 0) is 17.2 Å². The maximum atomic E-state index is 13.4. The van der Waals surface area contributed by atoms with Gasteiger partial charge in [-0.15, -0.1) is 0 Å². The third-order valence-electron chi connectivity index (χ3n) is 6.67. The van der Waals surface area contributed by atoms with E-state index in [0.717, 1.165) is 26.3 Å². The van der Waals surface area contributed by atoms with Crippen molar-refractivity contribution in [1.29, 1.82) is 0 Å². The van der Waals surface area contributed by atoms with E-state index in [-0.39, 0.29) is 5.91 Å². The molecule has 0 bridgehead atoms. The molecular weight excluding hydrogens is 571 g/mol. The molecule has 2 saturated heterocycles. The first-order chi connectivity index (χ1) is 19.1. The smallest absolute Gasteiger partial charge is 0.475 e. The van der Waals surface area contributed by atoms with Crippen molar-refractivity contribution < 1.29 is 60.1 Å². The van der Waals surface area contributed by atoms with Crippen molar-refractivity contribution in [2.75, 3.05) is 39.4 Å². The van der Waals surface area contributed by atoms with Crippen molar-refractivity contribution in [3.8, 4) is 0 Å². The van der Waals surface area contributed by atoms with Gasteiger partial charge < -0.3 is 19.8 Å². The van der Waals surface area contributed by atoms with Gasteiger partial charge in [-0.1, -0.05) is 24.3 Å². The molecule has 0 radical (unpaired) electrons. The van der Waals surface area contributed by atoms with Gasteiger partial charge in [-0.2, -0.15) is 30.7 Å². The van der Waals surface area contributed by atoms with Crippen LogP contribution in [0.15, 0.2) is 42.6 Å².